The number of nitrogens with zero attached hydrogens (tertiary/aromatic N) is 4. The van der Waals surface area contributed by atoms with E-state index in [1.165, 1.54) is 0 Å². The highest BCUT2D eigenvalue weighted by molar-refractivity contribution is 5.78. The van der Waals surface area contributed by atoms with Crippen molar-refractivity contribution in [1.29, 1.82) is 0 Å². The molecule has 0 spiro atoms. The molecule has 142 valence electrons. The predicted octanol–water partition coefficient (Wildman–Crippen LogP) is 3.27. The van der Waals surface area contributed by atoms with E-state index in [0.29, 0.717) is 19.4 Å². The molecule has 4 aromatic rings. The summed E-state index contributed by atoms with van der Waals surface area (Å²) in [7, 11) is 0. The average molecular weight is 375 g/mol. The van der Waals surface area contributed by atoms with E-state index >= 15 is 0 Å². The number of benzene rings is 1. The largest absolute Gasteiger partial charge is 0.361 e. The number of hydrogen-bond donors (Lipinski definition) is 1. The molecule has 1 amide bonds. The predicted molar refractivity (Wildman–Crippen MR) is 105 cm³/mol. The van der Waals surface area contributed by atoms with Gasteiger partial charge in [0.25, 0.3) is 0 Å². The van der Waals surface area contributed by atoms with Gasteiger partial charge in [-0.25, -0.2) is 9.97 Å². The molecule has 0 saturated carbocycles. The van der Waals surface area contributed by atoms with Crippen LogP contribution >= 0.6 is 0 Å². The van der Waals surface area contributed by atoms with Gasteiger partial charge in [0.2, 0.25) is 5.91 Å². The van der Waals surface area contributed by atoms with E-state index < -0.39 is 0 Å². The number of para-hydroxylation sites is 2. The number of aryl methyl sites for hydroxylation is 2. The van der Waals surface area contributed by atoms with Crippen molar-refractivity contribution in [3.63, 3.8) is 0 Å². The zero-order valence-corrected chi connectivity index (χ0v) is 15.8. The maximum atomic E-state index is 12.3. The van der Waals surface area contributed by atoms with Gasteiger partial charge in [0.15, 0.2) is 0 Å². The van der Waals surface area contributed by atoms with Crippen LogP contribution in [0.25, 0.3) is 16.9 Å². The topological polar surface area (TPSA) is 85.8 Å². The minimum absolute atomic E-state index is 0.0229. The first-order chi connectivity index (χ1) is 13.6. The molecule has 0 saturated heterocycles. The van der Waals surface area contributed by atoms with E-state index in [-0.39, 0.29) is 5.91 Å². The van der Waals surface area contributed by atoms with Crippen molar-refractivity contribution in [3.05, 3.63) is 71.5 Å². The molecule has 28 heavy (non-hydrogen) atoms. The summed E-state index contributed by atoms with van der Waals surface area (Å²) in [6.07, 6.45) is 4.49. The summed E-state index contributed by atoms with van der Waals surface area (Å²) in [5.41, 5.74) is 4.65. The summed E-state index contributed by atoms with van der Waals surface area (Å²) in [4.78, 5) is 21.3. The lowest BCUT2D eigenvalue weighted by atomic mass is 10.1. The lowest BCUT2D eigenvalue weighted by molar-refractivity contribution is -0.121. The number of amides is 1. The van der Waals surface area contributed by atoms with Crippen LogP contribution in [0.3, 0.4) is 0 Å². The maximum Gasteiger partial charge on any atom is 0.220 e. The fraction of sp³-hybridized carbons (Fsp3) is 0.238. The molecule has 0 aliphatic rings. The Balaban J connectivity index is 1.47. The minimum atomic E-state index is -0.0229. The molecule has 0 fully saturated rings. The van der Waals surface area contributed by atoms with Gasteiger partial charge in [-0.3, -0.25) is 9.36 Å². The van der Waals surface area contributed by atoms with Crippen LogP contribution in [0.1, 0.15) is 29.0 Å². The number of nitrogens with one attached hydrogen (secondary N) is 1. The minimum Gasteiger partial charge on any atom is -0.361 e. The Morgan fingerprint density at radius 1 is 1.14 bits per heavy atom. The Bertz CT molecular complexity index is 1110. The Hall–Kier alpha value is -3.48. The van der Waals surface area contributed by atoms with E-state index in [4.69, 9.17) is 4.52 Å². The molecule has 7 heteroatoms. The maximum absolute atomic E-state index is 12.3. The second-order valence-corrected chi connectivity index (χ2v) is 6.67. The molecule has 4 rings (SSSR count). The lowest BCUT2D eigenvalue weighted by Gasteiger charge is -2.11. The number of fused-ring (bicyclic) bond motifs is 1. The first kappa shape index (κ1) is 17.9. The Labute approximate surface area is 162 Å². The first-order valence-electron chi connectivity index (χ1n) is 9.18. The van der Waals surface area contributed by atoms with Crippen molar-refractivity contribution in [2.45, 2.75) is 33.2 Å². The van der Waals surface area contributed by atoms with Crippen LogP contribution in [0.5, 0.6) is 0 Å². The highest BCUT2D eigenvalue weighted by Crippen LogP contribution is 2.19. The number of pyridine rings is 1. The standard InChI is InChI=1S/C21H21N5O2/c1-14-17(15(2)28-25-14)9-10-20(27)23-12-16-6-5-11-22-21(16)26-13-24-18-7-3-4-8-19(18)26/h3-8,11,13H,9-10,12H2,1-2H3,(H,23,27). The Kier molecular flexibility index (Phi) is 4.89. The molecule has 3 aromatic heterocycles. The first-order valence-corrected chi connectivity index (χ1v) is 9.18. The third-order valence-electron chi connectivity index (χ3n) is 4.81. The Morgan fingerprint density at radius 2 is 2.00 bits per heavy atom. The summed E-state index contributed by atoms with van der Waals surface area (Å²) >= 11 is 0. The Morgan fingerprint density at radius 3 is 2.82 bits per heavy atom. The number of hydrogen-bond acceptors (Lipinski definition) is 5. The van der Waals surface area contributed by atoms with Crippen molar-refractivity contribution in [1.82, 2.24) is 25.0 Å². The SMILES string of the molecule is Cc1noc(C)c1CCC(=O)NCc1cccnc1-n1cnc2ccccc21. The van der Waals surface area contributed by atoms with Crippen molar-refractivity contribution in [2.24, 2.45) is 0 Å². The molecule has 0 bridgehead atoms. The zero-order chi connectivity index (χ0) is 19.5. The number of imidazole rings is 1. The molecule has 3 heterocycles. The smallest absolute Gasteiger partial charge is 0.220 e. The third kappa shape index (κ3) is 3.51. The van der Waals surface area contributed by atoms with Gasteiger partial charge in [0, 0.05) is 30.3 Å². The molecule has 0 aliphatic heterocycles. The van der Waals surface area contributed by atoms with Gasteiger partial charge < -0.3 is 9.84 Å². The summed E-state index contributed by atoms with van der Waals surface area (Å²) in [5.74, 6) is 1.51. The molecular weight excluding hydrogens is 354 g/mol. The van der Waals surface area contributed by atoms with Gasteiger partial charge in [-0.1, -0.05) is 23.4 Å². The monoisotopic (exact) mass is 375 g/mol. The van der Waals surface area contributed by atoms with Crippen LogP contribution in [-0.4, -0.2) is 25.6 Å². The van der Waals surface area contributed by atoms with Gasteiger partial charge in [-0.2, -0.15) is 0 Å². The molecule has 7 nitrogen and oxygen atoms in total. The van der Waals surface area contributed by atoms with Crippen molar-refractivity contribution in [2.75, 3.05) is 0 Å². The number of rotatable bonds is 6. The van der Waals surface area contributed by atoms with E-state index in [9.17, 15) is 4.79 Å². The third-order valence-corrected chi connectivity index (χ3v) is 4.81. The van der Waals surface area contributed by atoms with Crippen LogP contribution in [0.15, 0.2) is 53.4 Å². The second kappa shape index (κ2) is 7.64. The number of carbonyl (C=O) groups excluding carboxylic acids is 1. The molecule has 0 radical (unpaired) electrons. The highest BCUT2D eigenvalue weighted by Gasteiger charge is 2.13. The van der Waals surface area contributed by atoms with Crippen molar-refractivity contribution < 1.29 is 9.32 Å². The normalized spacial score (nSPS) is 11.1. The van der Waals surface area contributed by atoms with Crippen LogP contribution in [0, 0.1) is 13.8 Å². The van der Waals surface area contributed by atoms with E-state index in [1.807, 2.05) is 54.8 Å². The van der Waals surface area contributed by atoms with Crippen LogP contribution in [0.2, 0.25) is 0 Å². The molecular formula is C21H21N5O2. The van der Waals surface area contributed by atoms with E-state index in [1.54, 1.807) is 12.5 Å². The van der Waals surface area contributed by atoms with Gasteiger partial charge in [-0.05, 0) is 38.5 Å². The fourth-order valence-corrected chi connectivity index (χ4v) is 3.29. The fourth-order valence-electron chi connectivity index (χ4n) is 3.29. The van der Waals surface area contributed by atoms with Gasteiger partial charge in [0.1, 0.15) is 17.9 Å². The number of aromatic nitrogens is 4. The summed E-state index contributed by atoms with van der Waals surface area (Å²) in [6, 6.07) is 11.7. The molecule has 0 aliphatic carbocycles. The van der Waals surface area contributed by atoms with Gasteiger partial charge in [-0.15, -0.1) is 0 Å². The zero-order valence-electron chi connectivity index (χ0n) is 15.8. The van der Waals surface area contributed by atoms with Crippen LogP contribution in [0.4, 0.5) is 0 Å². The van der Waals surface area contributed by atoms with Gasteiger partial charge in [0.05, 0.1) is 16.7 Å². The van der Waals surface area contributed by atoms with Gasteiger partial charge >= 0.3 is 0 Å². The summed E-state index contributed by atoms with van der Waals surface area (Å²) in [6.45, 7) is 4.15. The van der Waals surface area contributed by atoms with E-state index in [2.05, 4.69) is 20.4 Å². The summed E-state index contributed by atoms with van der Waals surface area (Å²) < 4.78 is 7.10. The quantitative estimate of drug-likeness (QED) is 0.559. The molecule has 1 N–H and O–H groups in total. The lowest BCUT2D eigenvalue weighted by Crippen LogP contribution is -2.24. The average Bonchev–Trinajstić information content (AvgIpc) is 3.28. The molecule has 1 aromatic carbocycles. The number of carbonyl (C=O) groups is 1. The van der Waals surface area contributed by atoms with Crippen molar-refractivity contribution >= 4 is 16.9 Å². The van der Waals surface area contributed by atoms with Crippen molar-refractivity contribution in [3.8, 4) is 5.82 Å². The highest BCUT2D eigenvalue weighted by atomic mass is 16.5. The van der Waals surface area contributed by atoms with Crippen LogP contribution in [-0.2, 0) is 17.8 Å². The second-order valence-electron chi connectivity index (χ2n) is 6.67. The summed E-state index contributed by atoms with van der Waals surface area (Å²) in [5, 5.41) is 6.92. The molecule has 0 unspecified atom stereocenters. The van der Waals surface area contributed by atoms with E-state index in [0.717, 1.165) is 39.4 Å². The van der Waals surface area contributed by atoms with Crippen LogP contribution < -0.4 is 5.32 Å². The molecule has 0 atom stereocenters.